The van der Waals surface area contributed by atoms with E-state index in [0.29, 0.717) is 0 Å². The van der Waals surface area contributed by atoms with E-state index >= 15 is 0 Å². The first-order chi connectivity index (χ1) is 9.77. The molecule has 0 bridgehead atoms. The van der Waals surface area contributed by atoms with Crippen LogP contribution in [0.25, 0.3) is 0 Å². The van der Waals surface area contributed by atoms with Crippen LogP contribution >= 0.6 is 31.9 Å². The monoisotopic (exact) mass is 409 g/mol. The van der Waals surface area contributed by atoms with E-state index in [9.17, 15) is 0 Å². The fourth-order valence-corrected chi connectivity index (χ4v) is 3.22. The lowest BCUT2D eigenvalue weighted by Crippen LogP contribution is -2.15. The highest BCUT2D eigenvalue weighted by Gasteiger charge is 2.14. The van der Waals surface area contributed by atoms with Crippen molar-refractivity contribution in [2.75, 3.05) is 0 Å². The molecule has 0 radical (unpaired) electrons. The van der Waals surface area contributed by atoms with Crippen molar-refractivity contribution in [3.05, 3.63) is 68.1 Å². The molecule has 0 spiro atoms. The molecule has 0 saturated carbocycles. The van der Waals surface area contributed by atoms with Gasteiger partial charge in [-0.1, -0.05) is 76.9 Å². The first kappa shape index (κ1) is 16.7. The van der Waals surface area contributed by atoms with Gasteiger partial charge in [0.25, 0.3) is 0 Å². The van der Waals surface area contributed by atoms with Gasteiger partial charge in [0.05, 0.1) is 0 Å². The molecule has 1 unspecified atom stereocenters. The second-order valence-electron chi connectivity index (χ2n) is 6.42. The Hall–Kier alpha value is -0.640. The number of halogens is 2. The predicted octanol–water partition coefficient (Wildman–Crippen LogP) is 5.75. The third-order valence-corrected chi connectivity index (χ3v) is 4.85. The van der Waals surface area contributed by atoms with Crippen molar-refractivity contribution in [3.63, 3.8) is 0 Å². The second-order valence-corrected chi connectivity index (χ2v) is 8.19. The molecule has 3 heteroatoms. The van der Waals surface area contributed by atoms with Crippen LogP contribution in [0.5, 0.6) is 0 Å². The quantitative estimate of drug-likeness (QED) is 0.684. The van der Waals surface area contributed by atoms with Gasteiger partial charge in [0.15, 0.2) is 0 Å². The fraction of sp³-hybridized carbons (Fsp3) is 0.333. The molecule has 0 amide bonds. The minimum atomic E-state index is -0.0163. The van der Waals surface area contributed by atoms with Gasteiger partial charge in [0.1, 0.15) is 0 Å². The van der Waals surface area contributed by atoms with E-state index in [4.69, 9.17) is 5.73 Å². The summed E-state index contributed by atoms with van der Waals surface area (Å²) in [6.07, 6.45) is 0.833. The van der Waals surface area contributed by atoms with Crippen molar-refractivity contribution in [2.45, 2.75) is 38.6 Å². The van der Waals surface area contributed by atoms with Gasteiger partial charge in [-0.3, -0.25) is 0 Å². The maximum absolute atomic E-state index is 6.37. The van der Waals surface area contributed by atoms with Crippen LogP contribution in [0, 0.1) is 0 Å². The largest absolute Gasteiger partial charge is 0.324 e. The minimum Gasteiger partial charge on any atom is -0.324 e. The van der Waals surface area contributed by atoms with Gasteiger partial charge >= 0.3 is 0 Å². The third-order valence-electron chi connectivity index (χ3n) is 3.63. The molecule has 2 N–H and O–H groups in total. The van der Waals surface area contributed by atoms with Crippen molar-refractivity contribution in [2.24, 2.45) is 5.73 Å². The Kier molecular flexibility index (Phi) is 5.29. The van der Waals surface area contributed by atoms with E-state index < -0.39 is 0 Å². The fourth-order valence-electron chi connectivity index (χ4n) is 2.30. The van der Waals surface area contributed by atoms with E-state index in [1.54, 1.807) is 0 Å². The molecule has 0 saturated heterocycles. The van der Waals surface area contributed by atoms with E-state index in [0.717, 1.165) is 20.9 Å². The summed E-state index contributed by atoms with van der Waals surface area (Å²) in [5.41, 5.74) is 10.3. The summed E-state index contributed by atoms with van der Waals surface area (Å²) in [6, 6.07) is 14.9. The van der Waals surface area contributed by atoms with Gasteiger partial charge in [-0.25, -0.2) is 0 Å². The molecule has 0 aromatic heterocycles. The third kappa shape index (κ3) is 4.41. The zero-order valence-electron chi connectivity index (χ0n) is 12.7. The van der Waals surface area contributed by atoms with E-state index in [2.05, 4.69) is 83.0 Å². The smallest absolute Gasteiger partial charge is 0.0347 e. The minimum absolute atomic E-state index is 0.0163. The van der Waals surface area contributed by atoms with E-state index in [1.807, 2.05) is 12.1 Å². The molecular weight excluding hydrogens is 390 g/mol. The topological polar surface area (TPSA) is 26.0 Å². The predicted molar refractivity (Wildman–Crippen MR) is 97.6 cm³/mol. The van der Waals surface area contributed by atoms with Gasteiger partial charge in [-0.15, -0.1) is 0 Å². The molecule has 0 aliphatic heterocycles. The molecule has 2 rings (SSSR count). The molecular formula is C18H21Br2N. The molecule has 1 atom stereocenters. The Morgan fingerprint density at radius 1 is 1.00 bits per heavy atom. The van der Waals surface area contributed by atoms with Gasteiger partial charge < -0.3 is 5.73 Å². The van der Waals surface area contributed by atoms with Crippen LogP contribution in [0.4, 0.5) is 0 Å². The van der Waals surface area contributed by atoms with Gasteiger partial charge in [0, 0.05) is 15.0 Å². The van der Waals surface area contributed by atoms with Crippen LogP contribution in [-0.2, 0) is 11.8 Å². The van der Waals surface area contributed by atoms with Crippen LogP contribution in [-0.4, -0.2) is 0 Å². The molecule has 0 aliphatic carbocycles. The van der Waals surface area contributed by atoms with Gasteiger partial charge in [-0.05, 0) is 46.7 Å². The normalized spacial score (nSPS) is 13.2. The summed E-state index contributed by atoms with van der Waals surface area (Å²) in [6.45, 7) is 6.69. The van der Waals surface area contributed by atoms with Crippen LogP contribution < -0.4 is 5.73 Å². The van der Waals surface area contributed by atoms with E-state index in [1.165, 1.54) is 11.1 Å². The summed E-state index contributed by atoms with van der Waals surface area (Å²) >= 11 is 7.09. The summed E-state index contributed by atoms with van der Waals surface area (Å²) in [7, 11) is 0. The van der Waals surface area contributed by atoms with Crippen LogP contribution in [0.15, 0.2) is 51.4 Å². The average Bonchev–Trinajstić information content (AvgIpc) is 2.41. The Bertz CT molecular complexity index is 612. The molecule has 2 aromatic rings. The lowest BCUT2D eigenvalue weighted by Gasteiger charge is -2.20. The summed E-state index contributed by atoms with van der Waals surface area (Å²) in [4.78, 5) is 0. The van der Waals surface area contributed by atoms with Crippen LogP contribution in [0.1, 0.15) is 43.5 Å². The highest BCUT2D eigenvalue weighted by molar-refractivity contribution is 9.11. The van der Waals surface area contributed by atoms with Crippen LogP contribution in [0.3, 0.4) is 0 Å². The standard InChI is InChI=1S/C18H21Br2N/c1-18(2,3)13-6-4-12(5-7-13)10-17(21)15-11-14(19)8-9-16(15)20/h4-9,11,17H,10,21H2,1-3H3. The molecule has 0 aliphatic rings. The lowest BCUT2D eigenvalue weighted by atomic mass is 9.86. The summed E-state index contributed by atoms with van der Waals surface area (Å²) in [5, 5.41) is 0. The molecule has 1 nitrogen and oxygen atoms in total. The van der Waals surface area contributed by atoms with Crippen molar-refractivity contribution in [1.82, 2.24) is 0 Å². The van der Waals surface area contributed by atoms with Crippen LogP contribution in [0.2, 0.25) is 0 Å². The van der Waals surface area contributed by atoms with Crippen molar-refractivity contribution < 1.29 is 0 Å². The van der Waals surface area contributed by atoms with Gasteiger partial charge in [0.2, 0.25) is 0 Å². The Balaban J connectivity index is 2.16. The first-order valence-electron chi connectivity index (χ1n) is 7.07. The number of hydrogen-bond donors (Lipinski definition) is 1. The number of nitrogens with two attached hydrogens (primary N) is 1. The number of rotatable bonds is 3. The van der Waals surface area contributed by atoms with Crippen molar-refractivity contribution in [3.8, 4) is 0 Å². The first-order valence-corrected chi connectivity index (χ1v) is 8.66. The Morgan fingerprint density at radius 3 is 2.19 bits per heavy atom. The average molecular weight is 411 g/mol. The highest BCUT2D eigenvalue weighted by atomic mass is 79.9. The van der Waals surface area contributed by atoms with Crippen molar-refractivity contribution >= 4 is 31.9 Å². The maximum atomic E-state index is 6.37. The molecule has 0 heterocycles. The molecule has 0 fully saturated rings. The van der Waals surface area contributed by atoms with Crippen molar-refractivity contribution in [1.29, 1.82) is 0 Å². The SMILES string of the molecule is CC(C)(C)c1ccc(CC(N)c2cc(Br)ccc2Br)cc1. The second kappa shape index (κ2) is 6.64. The molecule has 2 aromatic carbocycles. The van der Waals surface area contributed by atoms with E-state index in [-0.39, 0.29) is 11.5 Å². The highest BCUT2D eigenvalue weighted by Crippen LogP contribution is 2.28. The zero-order chi connectivity index (χ0) is 15.6. The molecule has 112 valence electrons. The summed E-state index contributed by atoms with van der Waals surface area (Å²) in [5.74, 6) is 0. The number of benzene rings is 2. The summed E-state index contributed by atoms with van der Waals surface area (Å²) < 4.78 is 2.11. The maximum Gasteiger partial charge on any atom is 0.0347 e. The number of hydrogen-bond acceptors (Lipinski definition) is 1. The Morgan fingerprint density at radius 2 is 1.62 bits per heavy atom. The lowest BCUT2D eigenvalue weighted by molar-refractivity contribution is 0.589. The van der Waals surface area contributed by atoms with Gasteiger partial charge in [-0.2, -0.15) is 0 Å². The Labute approximate surface area is 144 Å². The molecule has 21 heavy (non-hydrogen) atoms. The zero-order valence-corrected chi connectivity index (χ0v) is 15.8.